The Labute approximate surface area is 145 Å². The van der Waals surface area contributed by atoms with E-state index in [0.29, 0.717) is 35.2 Å². The molecular formula is C22H30O2. The minimum Gasteiger partial charge on any atom is -0.508 e. The van der Waals surface area contributed by atoms with Crippen molar-refractivity contribution in [1.82, 2.24) is 0 Å². The SMILES string of the molecule is CCCCC1C[C@@H]2[C@H](CC[C@]3(C)C(=O)CC[C@@H]23)c2ccc(O)cc21. The fourth-order valence-electron chi connectivity index (χ4n) is 6.21. The molecule has 24 heavy (non-hydrogen) atoms. The monoisotopic (exact) mass is 326 g/mol. The molecule has 4 rings (SSSR count). The zero-order valence-corrected chi connectivity index (χ0v) is 15.1. The summed E-state index contributed by atoms with van der Waals surface area (Å²) in [5, 5.41) is 10.0. The van der Waals surface area contributed by atoms with Gasteiger partial charge >= 0.3 is 0 Å². The number of unbranched alkanes of at least 4 members (excludes halogenated alkanes) is 1. The van der Waals surface area contributed by atoms with Crippen LogP contribution in [0, 0.1) is 17.3 Å². The Morgan fingerprint density at radius 3 is 2.88 bits per heavy atom. The number of phenols is 1. The number of Topliss-reactive ketones (excluding diaryl/α,β-unsaturated/α-hetero) is 1. The Morgan fingerprint density at radius 2 is 2.08 bits per heavy atom. The van der Waals surface area contributed by atoms with E-state index in [0.717, 1.165) is 25.7 Å². The van der Waals surface area contributed by atoms with Crippen LogP contribution in [0.5, 0.6) is 5.75 Å². The first-order valence-electron chi connectivity index (χ1n) is 9.90. The molecule has 0 aromatic heterocycles. The van der Waals surface area contributed by atoms with Crippen LogP contribution in [-0.4, -0.2) is 10.9 Å². The van der Waals surface area contributed by atoms with Gasteiger partial charge in [0.2, 0.25) is 0 Å². The molecule has 1 unspecified atom stereocenters. The minimum atomic E-state index is -0.0507. The van der Waals surface area contributed by atoms with E-state index in [9.17, 15) is 9.90 Å². The molecule has 0 aliphatic heterocycles. The van der Waals surface area contributed by atoms with Gasteiger partial charge in [0.15, 0.2) is 0 Å². The normalized spacial score (nSPS) is 37.7. The van der Waals surface area contributed by atoms with E-state index in [-0.39, 0.29) is 5.41 Å². The second kappa shape index (κ2) is 5.89. The van der Waals surface area contributed by atoms with Gasteiger partial charge in [-0.05, 0) is 79.0 Å². The number of hydrogen-bond acceptors (Lipinski definition) is 2. The van der Waals surface area contributed by atoms with Crippen molar-refractivity contribution in [2.24, 2.45) is 17.3 Å². The second-order valence-electron chi connectivity index (χ2n) is 8.68. The molecule has 0 radical (unpaired) electrons. The minimum absolute atomic E-state index is 0.0507. The van der Waals surface area contributed by atoms with Crippen LogP contribution in [0.4, 0.5) is 0 Å². The van der Waals surface area contributed by atoms with Gasteiger partial charge in [-0.1, -0.05) is 32.8 Å². The lowest BCUT2D eigenvalue weighted by Crippen LogP contribution is -2.43. The third-order valence-electron chi connectivity index (χ3n) is 7.52. The van der Waals surface area contributed by atoms with Crippen LogP contribution in [0.15, 0.2) is 18.2 Å². The third-order valence-corrected chi connectivity index (χ3v) is 7.52. The molecule has 0 saturated heterocycles. The van der Waals surface area contributed by atoms with Crippen LogP contribution in [0.1, 0.15) is 88.2 Å². The van der Waals surface area contributed by atoms with Gasteiger partial charge < -0.3 is 5.11 Å². The Morgan fingerprint density at radius 1 is 1.25 bits per heavy atom. The van der Waals surface area contributed by atoms with Gasteiger partial charge in [0, 0.05) is 11.8 Å². The molecule has 5 atom stereocenters. The molecular weight excluding hydrogens is 296 g/mol. The molecule has 2 saturated carbocycles. The van der Waals surface area contributed by atoms with Crippen molar-refractivity contribution in [3.8, 4) is 5.75 Å². The lowest BCUT2D eigenvalue weighted by atomic mass is 9.54. The molecule has 2 nitrogen and oxygen atoms in total. The maximum Gasteiger partial charge on any atom is 0.139 e. The summed E-state index contributed by atoms with van der Waals surface area (Å²) in [5.74, 6) is 3.33. The Kier molecular flexibility index (Phi) is 3.97. The Hall–Kier alpha value is -1.31. The smallest absolute Gasteiger partial charge is 0.139 e. The first-order valence-corrected chi connectivity index (χ1v) is 9.90. The van der Waals surface area contributed by atoms with Crippen LogP contribution in [0.3, 0.4) is 0 Å². The topological polar surface area (TPSA) is 37.3 Å². The van der Waals surface area contributed by atoms with Gasteiger partial charge in [-0.3, -0.25) is 4.79 Å². The van der Waals surface area contributed by atoms with E-state index in [2.05, 4.69) is 19.9 Å². The summed E-state index contributed by atoms with van der Waals surface area (Å²) in [6.07, 6.45) is 8.99. The fourth-order valence-corrected chi connectivity index (χ4v) is 6.21. The first-order chi connectivity index (χ1) is 11.5. The number of carbonyl (C=O) groups is 1. The van der Waals surface area contributed by atoms with E-state index < -0.39 is 0 Å². The molecule has 3 aliphatic rings. The maximum atomic E-state index is 12.5. The largest absolute Gasteiger partial charge is 0.508 e. The van der Waals surface area contributed by atoms with Crippen molar-refractivity contribution in [3.63, 3.8) is 0 Å². The van der Waals surface area contributed by atoms with Crippen molar-refractivity contribution in [3.05, 3.63) is 29.3 Å². The number of benzene rings is 1. The number of aromatic hydroxyl groups is 1. The highest BCUT2D eigenvalue weighted by Crippen LogP contribution is 2.61. The highest BCUT2D eigenvalue weighted by Gasteiger charge is 2.55. The summed E-state index contributed by atoms with van der Waals surface area (Å²) in [6, 6.07) is 6.07. The van der Waals surface area contributed by atoms with E-state index in [1.807, 2.05) is 12.1 Å². The van der Waals surface area contributed by atoms with Crippen molar-refractivity contribution >= 4 is 5.78 Å². The molecule has 1 N–H and O–H groups in total. The highest BCUT2D eigenvalue weighted by molar-refractivity contribution is 5.87. The molecule has 0 heterocycles. The average molecular weight is 326 g/mol. The second-order valence-corrected chi connectivity index (χ2v) is 8.68. The number of fused-ring (bicyclic) bond motifs is 5. The molecule has 1 aromatic carbocycles. The van der Waals surface area contributed by atoms with Crippen LogP contribution >= 0.6 is 0 Å². The van der Waals surface area contributed by atoms with Crippen LogP contribution in [-0.2, 0) is 4.79 Å². The third kappa shape index (κ3) is 2.33. The quantitative estimate of drug-likeness (QED) is 0.791. The number of carbonyl (C=O) groups excluding carboxylic acids is 1. The molecule has 0 spiro atoms. The Bertz CT molecular complexity index is 649. The predicted octanol–water partition coefficient (Wildman–Crippen LogP) is 5.55. The molecule has 130 valence electrons. The summed E-state index contributed by atoms with van der Waals surface area (Å²) in [5.41, 5.74) is 2.83. The molecule has 2 fully saturated rings. The summed E-state index contributed by atoms with van der Waals surface area (Å²) in [7, 11) is 0. The summed E-state index contributed by atoms with van der Waals surface area (Å²) in [6.45, 7) is 4.50. The van der Waals surface area contributed by atoms with Gasteiger partial charge in [0.25, 0.3) is 0 Å². The van der Waals surface area contributed by atoms with Crippen molar-refractivity contribution in [2.45, 2.75) is 77.0 Å². The highest BCUT2D eigenvalue weighted by atomic mass is 16.3. The van der Waals surface area contributed by atoms with Gasteiger partial charge in [0.05, 0.1) is 0 Å². The van der Waals surface area contributed by atoms with Crippen LogP contribution < -0.4 is 0 Å². The van der Waals surface area contributed by atoms with Gasteiger partial charge in [-0.15, -0.1) is 0 Å². The van der Waals surface area contributed by atoms with E-state index in [1.54, 1.807) is 0 Å². The summed E-state index contributed by atoms with van der Waals surface area (Å²) < 4.78 is 0. The molecule has 1 aromatic rings. The van der Waals surface area contributed by atoms with Crippen molar-refractivity contribution < 1.29 is 9.90 Å². The average Bonchev–Trinajstić information content (AvgIpc) is 2.88. The van der Waals surface area contributed by atoms with Crippen molar-refractivity contribution in [2.75, 3.05) is 0 Å². The number of hydrogen-bond donors (Lipinski definition) is 1. The molecule has 2 heteroatoms. The summed E-state index contributed by atoms with van der Waals surface area (Å²) in [4.78, 5) is 12.5. The molecule has 3 aliphatic carbocycles. The Balaban J connectivity index is 1.72. The number of ketones is 1. The van der Waals surface area contributed by atoms with Gasteiger partial charge in [-0.2, -0.15) is 0 Å². The predicted molar refractivity (Wildman–Crippen MR) is 96.3 cm³/mol. The first kappa shape index (κ1) is 16.2. The lowest BCUT2D eigenvalue weighted by Gasteiger charge is -2.50. The van der Waals surface area contributed by atoms with Crippen molar-refractivity contribution in [1.29, 1.82) is 0 Å². The maximum absolute atomic E-state index is 12.5. The lowest BCUT2D eigenvalue weighted by molar-refractivity contribution is -0.129. The van der Waals surface area contributed by atoms with E-state index >= 15 is 0 Å². The van der Waals surface area contributed by atoms with E-state index in [1.165, 1.54) is 36.8 Å². The number of phenolic OH excluding ortho intramolecular Hbond substituents is 1. The van der Waals surface area contributed by atoms with Gasteiger partial charge in [-0.25, -0.2) is 0 Å². The zero-order valence-electron chi connectivity index (χ0n) is 15.1. The zero-order chi connectivity index (χ0) is 16.9. The standard InChI is InChI=1S/C22H30O2/c1-3-4-5-14-12-19-17(16-7-6-15(23)13-18(14)16)10-11-22(2)20(19)8-9-21(22)24/h6-7,13-14,17,19-20,23H,3-5,8-12H2,1-2H3/t14?,17-,19-,20+,22+/m1/s1. The molecule has 0 amide bonds. The summed E-state index contributed by atoms with van der Waals surface area (Å²) >= 11 is 0. The molecule has 0 bridgehead atoms. The van der Waals surface area contributed by atoms with E-state index in [4.69, 9.17) is 0 Å². The fraction of sp³-hybridized carbons (Fsp3) is 0.682. The number of rotatable bonds is 3. The van der Waals surface area contributed by atoms with Crippen LogP contribution in [0.25, 0.3) is 0 Å². The van der Waals surface area contributed by atoms with Crippen LogP contribution in [0.2, 0.25) is 0 Å². The van der Waals surface area contributed by atoms with Gasteiger partial charge in [0.1, 0.15) is 11.5 Å².